The van der Waals surface area contributed by atoms with E-state index in [2.05, 4.69) is 45.1 Å². The Bertz CT molecular complexity index is 599. The Kier molecular flexibility index (Phi) is 4.42. The van der Waals surface area contributed by atoms with Crippen LogP contribution in [0.1, 0.15) is 31.2 Å². The molecule has 19 heavy (non-hydrogen) atoms. The first-order chi connectivity index (χ1) is 8.97. The number of rotatable bonds is 3. The molecule has 0 aliphatic heterocycles. The maximum atomic E-state index is 6.11. The van der Waals surface area contributed by atoms with Gasteiger partial charge in [0.25, 0.3) is 0 Å². The van der Waals surface area contributed by atoms with Crippen molar-refractivity contribution < 1.29 is 0 Å². The zero-order chi connectivity index (χ0) is 14.0. The zero-order valence-electron chi connectivity index (χ0n) is 11.0. The van der Waals surface area contributed by atoms with Gasteiger partial charge < -0.3 is 5.32 Å². The molecule has 1 aromatic heterocycles. The van der Waals surface area contributed by atoms with Crippen LogP contribution in [0.15, 0.2) is 28.9 Å². The molecule has 2 aromatic rings. The molecule has 0 aliphatic rings. The van der Waals surface area contributed by atoms with E-state index in [0.29, 0.717) is 0 Å². The Morgan fingerprint density at radius 2 is 2.00 bits per heavy atom. The van der Waals surface area contributed by atoms with Gasteiger partial charge in [-0.1, -0.05) is 31.5 Å². The first-order valence-corrected chi connectivity index (χ1v) is 7.21. The van der Waals surface area contributed by atoms with Crippen molar-refractivity contribution >= 4 is 39.0 Å². The molecule has 0 unspecified atom stereocenters. The highest BCUT2D eigenvalue weighted by molar-refractivity contribution is 9.10. The Balaban J connectivity index is 2.35. The highest BCUT2D eigenvalue weighted by Gasteiger charge is 2.08. The summed E-state index contributed by atoms with van der Waals surface area (Å²) >= 11 is 9.52. The summed E-state index contributed by atoms with van der Waals surface area (Å²) < 4.78 is 0.772. The Hall–Kier alpha value is -1.13. The number of benzene rings is 1. The Labute approximate surface area is 126 Å². The summed E-state index contributed by atoms with van der Waals surface area (Å²) in [5, 5.41) is 4.02. The van der Waals surface area contributed by atoms with Crippen LogP contribution in [0.25, 0.3) is 0 Å². The van der Waals surface area contributed by atoms with Gasteiger partial charge in [-0.25, -0.2) is 9.97 Å². The predicted molar refractivity (Wildman–Crippen MR) is 83.3 cm³/mol. The molecule has 0 spiro atoms. The van der Waals surface area contributed by atoms with Crippen LogP contribution >= 0.6 is 27.5 Å². The molecular formula is C14H15BrClN3. The predicted octanol–water partition coefficient (Wildman–Crippen LogP) is 5.07. The summed E-state index contributed by atoms with van der Waals surface area (Å²) in [4.78, 5) is 8.86. The topological polar surface area (TPSA) is 37.8 Å². The highest BCUT2D eigenvalue weighted by Crippen LogP contribution is 2.26. The molecule has 0 saturated heterocycles. The van der Waals surface area contributed by atoms with Gasteiger partial charge >= 0.3 is 0 Å². The van der Waals surface area contributed by atoms with Crippen LogP contribution < -0.4 is 5.32 Å². The third-order valence-corrected chi connectivity index (χ3v) is 3.57. The van der Waals surface area contributed by atoms with Gasteiger partial charge in [0, 0.05) is 22.7 Å². The van der Waals surface area contributed by atoms with Gasteiger partial charge in [-0.15, -0.1) is 0 Å². The van der Waals surface area contributed by atoms with Crippen molar-refractivity contribution in [1.82, 2.24) is 9.97 Å². The first-order valence-electron chi connectivity index (χ1n) is 6.04. The van der Waals surface area contributed by atoms with E-state index in [9.17, 15) is 0 Å². The summed E-state index contributed by atoms with van der Waals surface area (Å²) in [6, 6.07) is 7.62. The van der Waals surface area contributed by atoms with E-state index < -0.39 is 0 Å². The molecule has 0 fully saturated rings. The Morgan fingerprint density at radius 1 is 1.26 bits per heavy atom. The summed E-state index contributed by atoms with van der Waals surface area (Å²) in [5.74, 6) is 1.84. The molecule has 1 heterocycles. The van der Waals surface area contributed by atoms with Crippen LogP contribution in [0, 0.1) is 6.92 Å². The van der Waals surface area contributed by atoms with Crippen molar-refractivity contribution in [2.24, 2.45) is 0 Å². The van der Waals surface area contributed by atoms with Crippen molar-refractivity contribution in [3.63, 3.8) is 0 Å². The zero-order valence-corrected chi connectivity index (χ0v) is 13.4. The number of nitrogens with zero attached hydrogens (tertiary/aromatic N) is 2. The monoisotopic (exact) mass is 339 g/mol. The maximum absolute atomic E-state index is 6.11. The number of halogens is 2. The molecule has 100 valence electrons. The van der Waals surface area contributed by atoms with Crippen LogP contribution in [0.3, 0.4) is 0 Å². The van der Waals surface area contributed by atoms with Crippen LogP contribution in [0.2, 0.25) is 5.02 Å². The molecule has 3 nitrogen and oxygen atoms in total. The van der Waals surface area contributed by atoms with E-state index in [4.69, 9.17) is 11.6 Å². The highest BCUT2D eigenvalue weighted by atomic mass is 79.9. The molecule has 0 bridgehead atoms. The van der Waals surface area contributed by atoms with Gasteiger partial charge in [-0.3, -0.25) is 0 Å². The third kappa shape index (κ3) is 3.45. The number of nitrogens with one attached hydrogen (secondary N) is 1. The van der Waals surface area contributed by atoms with E-state index in [1.807, 2.05) is 31.2 Å². The second-order valence-electron chi connectivity index (χ2n) is 4.63. The lowest BCUT2D eigenvalue weighted by Gasteiger charge is -2.12. The fraction of sp³-hybridized carbons (Fsp3) is 0.286. The standard InChI is InChI=1S/C14H15BrClN3/c1-8(2)14-18-12(15)7-13(19-14)17-11-6-4-5-10(16)9(11)3/h4-8H,1-3H3,(H,17,18,19). The average molecular weight is 341 g/mol. The largest absolute Gasteiger partial charge is 0.340 e. The lowest BCUT2D eigenvalue weighted by atomic mass is 10.2. The summed E-state index contributed by atoms with van der Waals surface area (Å²) in [5.41, 5.74) is 1.96. The van der Waals surface area contributed by atoms with Crippen molar-refractivity contribution in [3.8, 4) is 0 Å². The van der Waals surface area contributed by atoms with Gasteiger partial charge in [0.05, 0.1) is 0 Å². The lowest BCUT2D eigenvalue weighted by Crippen LogP contribution is -2.03. The third-order valence-electron chi connectivity index (χ3n) is 2.76. The molecular weight excluding hydrogens is 326 g/mol. The van der Waals surface area contributed by atoms with Gasteiger partial charge in [-0.05, 0) is 40.5 Å². The van der Waals surface area contributed by atoms with Gasteiger partial charge in [-0.2, -0.15) is 0 Å². The van der Waals surface area contributed by atoms with E-state index in [-0.39, 0.29) is 5.92 Å². The molecule has 5 heteroatoms. The molecule has 0 saturated carbocycles. The van der Waals surface area contributed by atoms with Crippen LogP contribution in [0.5, 0.6) is 0 Å². The Morgan fingerprint density at radius 3 is 2.68 bits per heavy atom. The maximum Gasteiger partial charge on any atom is 0.135 e. The van der Waals surface area contributed by atoms with Crippen LogP contribution in [-0.4, -0.2) is 9.97 Å². The van der Waals surface area contributed by atoms with Crippen molar-refractivity contribution in [2.45, 2.75) is 26.7 Å². The summed E-state index contributed by atoms with van der Waals surface area (Å²) in [7, 11) is 0. The second-order valence-corrected chi connectivity index (χ2v) is 5.85. The molecule has 0 atom stereocenters. The van der Waals surface area contributed by atoms with Crippen molar-refractivity contribution in [2.75, 3.05) is 5.32 Å². The van der Waals surface area contributed by atoms with E-state index in [1.54, 1.807) is 0 Å². The first kappa shape index (κ1) is 14.3. The number of anilines is 2. The van der Waals surface area contributed by atoms with Crippen molar-refractivity contribution in [1.29, 1.82) is 0 Å². The second kappa shape index (κ2) is 5.88. The van der Waals surface area contributed by atoms with Gasteiger partial charge in [0.1, 0.15) is 16.2 Å². The molecule has 1 N–H and O–H groups in total. The van der Waals surface area contributed by atoms with E-state index in [1.165, 1.54) is 0 Å². The minimum absolute atomic E-state index is 0.276. The number of hydrogen-bond acceptors (Lipinski definition) is 3. The minimum Gasteiger partial charge on any atom is -0.340 e. The molecule has 0 radical (unpaired) electrons. The smallest absolute Gasteiger partial charge is 0.135 e. The quantitative estimate of drug-likeness (QED) is 0.793. The van der Waals surface area contributed by atoms with Crippen LogP contribution in [-0.2, 0) is 0 Å². The normalized spacial score (nSPS) is 10.8. The average Bonchev–Trinajstić information content (AvgIpc) is 2.34. The number of hydrogen-bond donors (Lipinski definition) is 1. The van der Waals surface area contributed by atoms with E-state index in [0.717, 1.165) is 32.5 Å². The van der Waals surface area contributed by atoms with Crippen LogP contribution in [0.4, 0.5) is 11.5 Å². The molecule has 0 amide bonds. The lowest BCUT2D eigenvalue weighted by molar-refractivity contribution is 0.771. The minimum atomic E-state index is 0.276. The summed E-state index contributed by atoms with van der Waals surface area (Å²) in [6.45, 7) is 6.11. The van der Waals surface area contributed by atoms with E-state index >= 15 is 0 Å². The van der Waals surface area contributed by atoms with Gasteiger partial charge in [0.2, 0.25) is 0 Å². The molecule has 2 rings (SSSR count). The van der Waals surface area contributed by atoms with Gasteiger partial charge in [0.15, 0.2) is 0 Å². The molecule has 0 aliphatic carbocycles. The molecule has 1 aromatic carbocycles. The number of aromatic nitrogens is 2. The SMILES string of the molecule is Cc1c(Cl)cccc1Nc1cc(Br)nc(C(C)C)n1. The van der Waals surface area contributed by atoms with Crippen molar-refractivity contribution in [3.05, 3.63) is 45.3 Å². The fourth-order valence-electron chi connectivity index (χ4n) is 1.64. The summed E-state index contributed by atoms with van der Waals surface area (Å²) in [6.07, 6.45) is 0. The fourth-order valence-corrected chi connectivity index (χ4v) is 2.21.